The highest BCUT2D eigenvalue weighted by Crippen LogP contribution is 2.30. The molecule has 2 aromatic heterocycles. The fraction of sp³-hybridized carbons (Fsp3) is 0.273. The number of hydrogen-bond donors (Lipinski definition) is 1. The van der Waals surface area contributed by atoms with E-state index >= 15 is 0 Å². The Morgan fingerprint density at radius 3 is 2.34 bits per heavy atom. The highest BCUT2D eigenvalue weighted by molar-refractivity contribution is 7.22. The number of aromatic nitrogens is 2. The zero-order valence-electron chi connectivity index (χ0n) is 16.0. The predicted molar refractivity (Wildman–Crippen MR) is 121 cm³/mol. The molecule has 0 spiro atoms. The third kappa shape index (κ3) is 4.07. The van der Waals surface area contributed by atoms with Crippen molar-refractivity contribution in [1.82, 2.24) is 19.8 Å². The summed E-state index contributed by atoms with van der Waals surface area (Å²) in [6.45, 7) is 6.21. The van der Waals surface area contributed by atoms with Crippen molar-refractivity contribution in [2.75, 3.05) is 31.9 Å². The Morgan fingerprint density at radius 1 is 0.897 bits per heavy atom. The molecule has 3 heterocycles. The van der Waals surface area contributed by atoms with Crippen LogP contribution in [0.15, 0.2) is 48.8 Å². The third-order valence-corrected chi connectivity index (χ3v) is 6.80. The van der Waals surface area contributed by atoms with Crippen molar-refractivity contribution in [3.05, 3.63) is 64.3 Å². The van der Waals surface area contributed by atoms with Gasteiger partial charge >= 0.3 is 0 Å². The summed E-state index contributed by atoms with van der Waals surface area (Å²) in [4.78, 5) is 13.4. The van der Waals surface area contributed by atoms with Crippen molar-refractivity contribution < 1.29 is 0 Å². The molecule has 0 unspecified atom stereocenters. The zero-order chi connectivity index (χ0) is 19.8. The maximum absolute atomic E-state index is 6.14. The molecule has 0 atom stereocenters. The van der Waals surface area contributed by atoms with Crippen molar-refractivity contribution in [1.29, 1.82) is 0 Å². The summed E-state index contributed by atoms with van der Waals surface area (Å²) in [5.41, 5.74) is 9.46. The molecule has 0 amide bonds. The fourth-order valence-electron chi connectivity index (χ4n) is 4.00. The van der Waals surface area contributed by atoms with Gasteiger partial charge < -0.3 is 5.73 Å². The highest BCUT2D eigenvalue weighted by Gasteiger charge is 2.17. The molecule has 7 heteroatoms. The lowest BCUT2D eigenvalue weighted by molar-refractivity contribution is 0.122. The van der Waals surface area contributed by atoms with E-state index in [1.54, 1.807) is 11.3 Å². The molecule has 1 saturated heterocycles. The van der Waals surface area contributed by atoms with Gasteiger partial charge in [-0.1, -0.05) is 23.7 Å². The van der Waals surface area contributed by atoms with E-state index in [0.717, 1.165) is 54.5 Å². The minimum atomic E-state index is 0.540. The van der Waals surface area contributed by atoms with Gasteiger partial charge in [0.1, 0.15) is 12.1 Å². The van der Waals surface area contributed by atoms with Gasteiger partial charge in [0.25, 0.3) is 0 Å². The molecule has 4 aromatic rings. The van der Waals surface area contributed by atoms with Crippen molar-refractivity contribution >= 4 is 49.7 Å². The number of hydrogen-bond acceptors (Lipinski definition) is 6. The van der Waals surface area contributed by atoms with Gasteiger partial charge in [0.15, 0.2) is 0 Å². The first kappa shape index (κ1) is 18.8. The maximum Gasteiger partial charge on any atom is 0.134 e. The van der Waals surface area contributed by atoms with Crippen LogP contribution < -0.4 is 5.73 Å². The molecule has 148 valence electrons. The first-order valence-corrected chi connectivity index (χ1v) is 11.0. The molecule has 1 aliphatic rings. The number of thiophene rings is 1. The fourth-order valence-corrected chi connectivity index (χ4v) is 5.14. The first-order valence-electron chi connectivity index (χ1n) is 9.76. The molecule has 29 heavy (non-hydrogen) atoms. The standard InChI is InChI=1S/C22H22ClN5S/c23-21-11-17-9-15(2-4-20(17)29-21)12-27-5-7-28(8-6-27)13-16-1-3-18-19(10-16)25-14-26-22(18)24/h1-4,9-11,14H,5-8,12-13H2,(H2,24,25,26). The maximum atomic E-state index is 6.14. The van der Waals surface area contributed by atoms with Gasteiger partial charge in [-0.25, -0.2) is 9.97 Å². The predicted octanol–water partition coefficient (Wildman–Crippen LogP) is 4.40. The van der Waals surface area contributed by atoms with Crippen LogP contribution in [-0.2, 0) is 13.1 Å². The number of nitrogen functional groups attached to an aromatic ring is 1. The van der Waals surface area contributed by atoms with E-state index < -0.39 is 0 Å². The second-order valence-corrected chi connectivity index (χ2v) is 9.30. The van der Waals surface area contributed by atoms with Crippen LogP contribution in [0, 0.1) is 0 Å². The number of nitrogens with two attached hydrogens (primary N) is 1. The summed E-state index contributed by atoms with van der Waals surface area (Å²) in [6.07, 6.45) is 1.53. The molecule has 0 saturated carbocycles. The number of benzene rings is 2. The van der Waals surface area contributed by atoms with Crippen LogP contribution in [0.25, 0.3) is 21.0 Å². The quantitative estimate of drug-likeness (QED) is 0.527. The lowest BCUT2D eigenvalue weighted by atomic mass is 10.1. The van der Waals surface area contributed by atoms with Crippen LogP contribution in [0.2, 0.25) is 4.34 Å². The summed E-state index contributed by atoms with van der Waals surface area (Å²) in [5, 5.41) is 2.17. The van der Waals surface area contributed by atoms with E-state index in [1.807, 2.05) is 6.07 Å². The summed E-state index contributed by atoms with van der Waals surface area (Å²) < 4.78 is 2.11. The average molecular weight is 424 g/mol. The van der Waals surface area contributed by atoms with Crippen LogP contribution in [0.3, 0.4) is 0 Å². The number of nitrogens with zero attached hydrogens (tertiary/aromatic N) is 4. The van der Waals surface area contributed by atoms with Crippen molar-refractivity contribution in [3.8, 4) is 0 Å². The molecule has 0 radical (unpaired) electrons. The minimum Gasteiger partial charge on any atom is -0.383 e. The molecule has 1 fully saturated rings. The summed E-state index contributed by atoms with van der Waals surface area (Å²) in [5.74, 6) is 0.540. The van der Waals surface area contributed by atoms with E-state index in [1.165, 1.54) is 27.5 Å². The summed E-state index contributed by atoms with van der Waals surface area (Å²) in [6, 6.07) is 15.0. The minimum absolute atomic E-state index is 0.540. The Hall–Kier alpha value is -2.25. The Bertz CT molecular complexity index is 1170. The Morgan fingerprint density at radius 2 is 1.59 bits per heavy atom. The molecular weight excluding hydrogens is 402 g/mol. The van der Waals surface area contributed by atoms with E-state index in [9.17, 15) is 0 Å². The lowest BCUT2D eigenvalue weighted by Gasteiger charge is -2.34. The van der Waals surface area contributed by atoms with E-state index in [-0.39, 0.29) is 0 Å². The van der Waals surface area contributed by atoms with Crippen LogP contribution in [0.4, 0.5) is 5.82 Å². The average Bonchev–Trinajstić information content (AvgIpc) is 3.09. The molecule has 0 bridgehead atoms. The van der Waals surface area contributed by atoms with Crippen molar-refractivity contribution in [2.24, 2.45) is 0 Å². The molecule has 1 aliphatic heterocycles. The van der Waals surface area contributed by atoms with Gasteiger partial charge in [-0.05, 0) is 46.8 Å². The largest absolute Gasteiger partial charge is 0.383 e. The highest BCUT2D eigenvalue weighted by atomic mass is 35.5. The summed E-state index contributed by atoms with van der Waals surface area (Å²) in [7, 11) is 0. The van der Waals surface area contributed by atoms with Crippen molar-refractivity contribution in [3.63, 3.8) is 0 Å². The second kappa shape index (κ2) is 7.88. The first-order chi connectivity index (χ1) is 14.1. The molecule has 2 aromatic carbocycles. The summed E-state index contributed by atoms with van der Waals surface area (Å²) >= 11 is 7.78. The molecule has 5 nitrogen and oxygen atoms in total. The number of fused-ring (bicyclic) bond motifs is 2. The van der Waals surface area contributed by atoms with Gasteiger partial charge in [0, 0.05) is 49.4 Å². The third-order valence-electron chi connectivity index (χ3n) is 5.56. The van der Waals surface area contributed by atoms with Gasteiger partial charge in [0.05, 0.1) is 9.85 Å². The van der Waals surface area contributed by atoms with Crippen LogP contribution in [0.1, 0.15) is 11.1 Å². The van der Waals surface area contributed by atoms with Crippen molar-refractivity contribution in [2.45, 2.75) is 13.1 Å². The molecular formula is C22H22ClN5S. The second-order valence-electron chi connectivity index (χ2n) is 7.59. The Labute approximate surface area is 178 Å². The van der Waals surface area contributed by atoms with Gasteiger partial charge in [0.2, 0.25) is 0 Å². The topological polar surface area (TPSA) is 58.3 Å². The van der Waals surface area contributed by atoms with Gasteiger partial charge in [-0.2, -0.15) is 0 Å². The van der Waals surface area contributed by atoms with E-state index in [4.69, 9.17) is 17.3 Å². The number of rotatable bonds is 4. The van der Waals surface area contributed by atoms with Crippen LogP contribution >= 0.6 is 22.9 Å². The van der Waals surface area contributed by atoms with E-state index in [2.05, 4.69) is 56.2 Å². The molecule has 0 aliphatic carbocycles. The van der Waals surface area contributed by atoms with Gasteiger partial charge in [-0.15, -0.1) is 11.3 Å². The van der Waals surface area contributed by atoms with Crippen LogP contribution in [-0.4, -0.2) is 45.9 Å². The lowest BCUT2D eigenvalue weighted by Crippen LogP contribution is -2.45. The smallest absolute Gasteiger partial charge is 0.134 e. The normalized spacial score (nSPS) is 16.0. The Kier molecular flexibility index (Phi) is 5.09. The monoisotopic (exact) mass is 423 g/mol. The number of anilines is 1. The Balaban J connectivity index is 1.20. The van der Waals surface area contributed by atoms with E-state index in [0.29, 0.717) is 5.82 Å². The van der Waals surface area contributed by atoms with Gasteiger partial charge in [-0.3, -0.25) is 9.80 Å². The molecule has 5 rings (SSSR count). The molecule has 2 N–H and O–H groups in total. The number of piperazine rings is 1. The SMILES string of the molecule is Nc1ncnc2cc(CN3CCN(Cc4ccc5sc(Cl)cc5c4)CC3)ccc12. The number of halogens is 1. The van der Waals surface area contributed by atoms with Crippen LogP contribution in [0.5, 0.6) is 0 Å². The zero-order valence-corrected chi connectivity index (χ0v) is 17.6.